The number of carbonyl (C=O) groups is 3. The molecule has 2 rings (SSSR count). The zero-order valence-corrected chi connectivity index (χ0v) is 20.5. The first-order chi connectivity index (χ1) is 15.8. The van der Waals surface area contributed by atoms with Crippen LogP contribution in [0, 0.1) is 11.8 Å². The molecule has 0 bridgehead atoms. The largest absolute Gasteiger partial charge is 0.463 e. The van der Waals surface area contributed by atoms with Gasteiger partial charge in [-0.15, -0.1) is 0 Å². The van der Waals surface area contributed by atoms with E-state index in [0.717, 1.165) is 0 Å². The Morgan fingerprint density at radius 2 is 1.53 bits per heavy atom. The molecule has 10 atom stereocenters. The van der Waals surface area contributed by atoms with Crippen molar-refractivity contribution in [3.8, 4) is 0 Å². The Bertz CT molecular complexity index is 683. The van der Waals surface area contributed by atoms with Crippen molar-refractivity contribution in [2.75, 3.05) is 13.2 Å². The quantitative estimate of drug-likeness (QED) is 0.171. The Balaban J connectivity index is 0.000000380. The van der Waals surface area contributed by atoms with Crippen molar-refractivity contribution in [1.29, 1.82) is 0 Å². The highest BCUT2D eigenvalue weighted by Crippen LogP contribution is 2.31. The maximum Gasteiger partial charge on any atom is 0.305 e. The molecule has 2 heterocycles. The van der Waals surface area contributed by atoms with Crippen molar-refractivity contribution in [1.82, 2.24) is 10.2 Å². The van der Waals surface area contributed by atoms with Gasteiger partial charge in [0.15, 0.2) is 6.29 Å². The van der Waals surface area contributed by atoms with Crippen LogP contribution in [0.4, 0.5) is 0 Å². The van der Waals surface area contributed by atoms with Crippen LogP contribution < -0.4 is 10.2 Å². The van der Waals surface area contributed by atoms with Gasteiger partial charge in [0.1, 0.15) is 31.0 Å². The zero-order chi connectivity index (χ0) is 26.2. The third-order valence-corrected chi connectivity index (χ3v) is 5.97. The SMILES string of the molecule is CC(=O)NC1[C@H](OC(C)=O)OC(COC(C)=O)[C@H](C)[C@@H]1C.OCC1O[C@@H](O)C(NCl)[C@@H](O)[C@H]1O. The van der Waals surface area contributed by atoms with Crippen LogP contribution in [0.2, 0.25) is 0 Å². The van der Waals surface area contributed by atoms with Crippen LogP contribution >= 0.6 is 11.8 Å². The van der Waals surface area contributed by atoms with E-state index in [1.807, 2.05) is 13.8 Å². The molecule has 6 N–H and O–H groups in total. The van der Waals surface area contributed by atoms with Gasteiger partial charge in [-0.3, -0.25) is 14.4 Å². The molecule has 2 saturated heterocycles. The number of halogens is 1. The number of hydrogen-bond donors (Lipinski definition) is 6. The number of nitrogens with one attached hydrogen (secondary N) is 2. The molecule has 2 aliphatic heterocycles. The summed E-state index contributed by atoms with van der Waals surface area (Å²) in [7, 11) is 0. The molecule has 0 saturated carbocycles. The molecule has 34 heavy (non-hydrogen) atoms. The lowest BCUT2D eigenvalue weighted by molar-refractivity contribution is -0.251. The molecule has 0 aromatic rings. The van der Waals surface area contributed by atoms with Gasteiger partial charge in [0.05, 0.1) is 18.8 Å². The highest BCUT2D eigenvalue weighted by molar-refractivity contribution is 6.13. The first-order valence-electron chi connectivity index (χ1n) is 10.7. The lowest BCUT2D eigenvalue weighted by Gasteiger charge is -2.43. The lowest BCUT2D eigenvalue weighted by atomic mass is 9.82. The van der Waals surface area contributed by atoms with E-state index in [2.05, 4.69) is 10.2 Å². The highest BCUT2D eigenvalue weighted by atomic mass is 35.5. The van der Waals surface area contributed by atoms with Crippen molar-refractivity contribution >= 4 is 29.6 Å². The van der Waals surface area contributed by atoms with Gasteiger partial charge < -0.3 is 44.7 Å². The van der Waals surface area contributed by atoms with E-state index < -0.39 is 67.6 Å². The fourth-order valence-corrected chi connectivity index (χ4v) is 3.84. The minimum absolute atomic E-state index is 0.00689. The predicted molar refractivity (Wildman–Crippen MR) is 116 cm³/mol. The summed E-state index contributed by atoms with van der Waals surface area (Å²) in [6.45, 7) is 7.48. The third kappa shape index (κ3) is 8.57. The summed E-state index contributed by atoms with van der Waals surface area (Å²) >= 11 is 5.20. The summed E-state index contributed by atoms with van der Waals surface area (Å²) in [6, 6.07) is -1.41. The number of aliphatic hydroxyl groups is 4. The smallest absolute Gasteiger partial charge is 0.305 e. The van der Waals surface area contributed by atoms with Gasteiger partial charge in [-0.25, -0.2) is 4.84 Å². The molecule has 2 fully saturated rings. The number of amides is 1. The lowest BCUT2D eigenvalue weighted by Crippen LogP contribution is -2.61. The summed E-state index contributed by atoms with van der Waals surface area (Å²) in [5, 5.41) is 39.3. The van der Waals surface area contributed by atoms with Gasteiger partial charge in [-0.05, 0) is 23.6 Å². The first-order valence-corrected chi connectivity index (χ1v) is 11.1. The molecular weight excluding hydrogens is 480 g/mol. The minimum Gasteiger partial charge on any atom is -0.463 e. The average molecular weight is 515 g/mol. The van der Waals surface area contributed by atoms with Crippen LogP contribution in [0.25, 0.3) is 0 Å². The fourth-order valence-electron chi connectivity index (χ4n) is 3.60. The van der Waals surface area contributed by atoms with Crippen LogP contribution in [0.5, 0.6) is 0 Å². The number of hydrogen-bond acceptors (Lipinski definition) is 12. The maximum absolute atomic E-state index is 11.3. The van der Waals surface area contributed by atoms with E-state index in [0.29, 0.717) is 0 Å². The predicted octanol–water partition coefficient (Wildman–Crippen LogP) is -1.86. The molecular formula is C20H35ClN2O11. The van der Waals surface area contributed by atoms with E-state index >= 15 is 0 Å². The van der Waals surface area contributed by atoms with Crippen molar-refractivity contribution in [3.05, 3.63) is 0 Å². The number of aliphatic hydroxyl groups excluding tert-OH is 4. The number of rotatable bonds is 6. The topological polar surface area (TPSA) is 193 Å². The molecule has 13 nitrogen and oxygen atoms in total. The van der Waals surface area contributed by atoms with Crippen molar-refractivity contribution < 1.29 is 53.8 Å². The van der Waals surface area contributed by atoms with Crippen LogP contribution in [0.3, 0.4) is 0 Å². The summed E-state index contributed by atoms with van der Waals surface area (Å²) < 4.78 is 20.6. The third-order valence-electron chi connectivity index (χ3n) is 5.71. The van der Waals surface area contributed by atoms with Crippen LogP contribution in [0.1, 0.15) is 34.6 Å². The number of ether oxygens (including phenoxy) is 4. The van der Waals surface area contributed by atoms with Gasteiger partial charge in [0.2, 0.25) is 12.2 Å². The van der Waals surface area contributed by atoms with Gasteiger partial charge in [0.25, 0.3) is 0 Å². The second kappa shape index (κ2) is 14.1. The van der Waals surface area contributed by atoms with Crippen LogP contribution in [-0.4, -0.2) is 101 Å². The van der Waals surface area contributed by atoms with Gasteiger partial charge in [-0.2, -0.15) is 0 Å². The molecule has 0 spiro atoms. The Hall–Kier alpha value is -1.58. The van der Waals surface area contributed by atoms with Gasteiger partial charge >= 0.3 is 11.9 Å². The molecule has 2 aliphatic rings. The summed E-state index contributed by atoms with van der Waals surface area (Å²) in [5.41, 5.74) is 0. The average Bonchev–Trinajstić information content (AvgIpc) is 2.75. The molecule has 198 valence electrons. The molecule has 0 aliphatic carbocycles. The summed E-state index contributed by atoms with van der Waals surface area (Å²) in [5.74, 6) is -1.10. The fraction of sp³-hybridized carbons (Fsp3) is 0.850. The second-order valence-corrected chi connectivity index (χ2v) is 8.48. The van der Waals surface area contributed by atoms with E-state index in [-0.39, 0.29) is 24.3 Å². The first kappa shape index (κ1) is 30.5. The van der Waals surface area contributed by atoms with Gasteiger partial charge in [0, 0.05) is 20.8 Å². The Labute approximate surface area is 202 Å². The number of carbonyl (C=O) groups excluding carboxylic acids is 3. The standard InChI is InChI=1S/C14H23NO6.C6H12ClNO5/c1-7-8(2)13(15-9(3)16)14(20-11(5)18)21-12(7)6-19-10(4)17;7-8-3-5(11)4(10)2(1-9)13-6(3)12/h7-8,12-14H,6H2,1-5H3,(H,15,16);2-6,8-12H,1H2/t7-,8+,12?,13?,14-;2?,3?,4-,5+,6+/m10/s1. The maximum atomic E-state index is 11.3. The van der Waals surface area contributed by atoms with Crippen LogP contribution in [0.15, 0.2) is 0 Å². The van der Waals surface area contributed by atoms with Gasteiger partial charge in [-0.1, -0.05) is 13.8 Å². The second-order valence-electron chi connectivity index (χ2n) is 8.26. The zero-order valence-electron chi connectivity index (χ0n) is 19.7. The van der Waals surface area contributed by atoms with Crippen molar-refractivity contribution in [2.24, 2.45) is 11.8 Å². The van der Waals surface area contributed by atoms with E-state index in [9.17, 15) is 29.7 Å². The molecule has 0 aromatic carbocycles. The molecule has 1 amide bonds. The van der Waals surface area contributed by atoms with Crippen molar-refractivity contribution in [2.45, 2.75) is 83.7 Å². The molecule has 0 aromatic heterocycles. The normalized spacial score (nSPS) is 37.6. The van der Waals surface area contributed by atoms with E-state index in [1.54, 1.807) is 0 Å². The van der Waals surface area contributed by atoms with Crippen LogP contribution in [-0.2, 0) is 33.3 Å². The molecule has 4 unspecified atom stereocenters. The molecule has 0 radical (unpaired) electrons. The van der Waals surface area contributed by atoms with E-state index in [1.165, 1.54) is 20.8 Å². The Kier molecular flexibility index (Phi) is 12.6. The Morgan fingerprint density at radius 3 is 2.00 bits per heavy atom. The Morgan fingerprint density at radius 1 is 0.912 bits per heavy atom. The van der Waals surface area contributed by atoms with E-state index in [4.69, 9.17) is 35.8 Å². The highest BCUT2D eigenvalue weighted by Gasteiger charge is 2.44. The summed E-state index contributed by atoms with van der Waals surface area (Å²) in [4.78, 5) is 35.5. The number of esters is 2. The van der Waals surface area contributed by atoms with Crippen molar-refractivity contribution in [3.63, 3.8) is 0 Å². The summed E-state index contributed by atoms with van der Waals surface area (Å²) in [6.07, 6.45) is -6.18. The minimum atomic E-state index is -1.35. The molecule has 14 heteroatoms. The monoisotopic (exact) mass is 514 g/mol.